The number of ether oxygens (including phenoxy) is 1. The van der Waals surface area contributed by atoms with Gasteiger partial charge in [0.2, 0.25) is 0 Å². The third kappa shape index (κ3) is 3.71. The van der Waals surface area contributed by atoms with Gasteiger partial charge in [0.15, 0.2) is 0 Å². The molecule has 1 amide bonds. The summed E-state index contributed by atoms with van der Waals surface area (Å²) in [5.74, 6) is 0.223. The summed E-state index contributed by atoms with van der Waals surface area (Å²) in [6, 6.07) is 14.0. The molecular formula is C18H20N2O4. The van der Waals surface area contributed by atoms with Crippen LogP contribution >= 0.6 is 0 Å². The average Bonchev–Trinajstić information content (AvgIpc) is 2.63. The van der Waals surface area contributed by atoms with Crippen molar-refractivity contribution in [1.29, 1.82) is 0 Å². The van der Waals surface area contributed by atoms with Crippen LogP contribution in [0.2, 0.25) is 0 Å². The highest BCUT2D eigenvalue weighted by Gasteiger charge is 2.23. The Labute approximate surface area is 140 Å². The van der Waals surface area contributed by atoms with Crippen LogP contribution in [0.15, 0.2) is 48.5 Å². The maximum atomic E-state index is 12.1. The fraction of sp³-hybridized carbons (Fsp3) is 0.278. The Morgan fingerprint density at radius 2 is 1.71 bits per heavy atom. The number of piperazine rings is 1. The standard InChI is InChI=1S/C18H20N2O4/c21-15-6-7-17(22)16(12-15)19-8-10-20(11-9-19)18(23)24-13-14-4-2-1-3-5-14/h1-7,12,21-22H,8-11,13H2. The third-order valence-electron chi connectivity index (χ3n) is 4.04. The Bertz CT molecular complexity index is 697. The van der Waals surface area contributed by atoms with Crippen LogP contribution in [0, 0.1) is 0 Å². The number of aromatic hydroxyl groups is 2. The molecule has 0 atom stereocenters. The molecule has 1 fully saturated rings. The molecule has 1 aliphatic heterocycles. The zero-order valence-corrected chi connectivity index (χ0v) is 13.3. The van der Waals surface area contributed by atoms with Crippen molar-refractivity contribution in [3.63, 3.8) is 0 Å². The van der Waals surface area contributed by atoms with Crippen LogP contribution in [0.4, 0.5) is 10.5 Å². The Hall–Kier alpha value is -2.89. The lowest BCUT2D eigenvalue weighted by atomic mass is 10.2. The molecule has 6 nitrogen and oxygen atoms in total. The summed E-state index contributed by atoms with van der Waals surface area (Å²) in [6.45, 7) is 2.40. The van der Waals surface area contributed by atoms with E-state index >= 15 is 0 Å². The van der Waals surface area contributed by atoms with E-state index in [1.165, 1.54) is 18.2 Å². The SMILES string of the molecule is O=C(OCc1ccccc1)N1CCN(c2cc(O)ccc2O)CC1. The summed E-state index contributed by atoms with van der Waals surface area (Å²) < 4.78 is 5.33. The van der Waals surface area contributed by atoms with Gasteiger partial charge in [-0.2, -0.15) is 0 Å². The maximum Gasteiger partial charge on any atom is 0.410 e. The molecule has 1 aliphatic rings. The minimum atomic E-state index is -0.335. The van der Waals surface area contributed by atoms with Crippen molar-refractivity contribution in [3.8, 4) is 11.5 Å². The predicted octanol–water partition coefficient (Wildman–Crippen LogP) is 2.56. The van der Waals surface area contributed by atoms with Crippen molar-refractivity contribution in [2.75, 3.05) is 31.1 Å². The van der Waals surface area contributed by atoms with Crippen LogP contribution in [0.3, 0.4) is 0 Å². The minimum Gasteiger partial charge on any atom is -0.508 e. The van der Waals surface area contributed by atoms with Gasteiger partial charge in [-0.1, -0.05) is 30.3 Å². The molecule has 0 radical (unpaired) electrons. The lowest BCUT2D eigenvalue weighted by molar-refractivity contribution is 0.0941. The highest BCUT2D eigenvalue weighted by molar-refractivity contribution is 5.68. The van der Waals surface area contributed by atoms with Crippen molar-refractivity contribution < 1.29 is 19.7 Å². The Morgan fingerprint density at radius 3 is 2.42 bits per heavy atom. The quantitative estimate of drug-likeness (QED) is 0.847. The maximum absolute atomic E-state index is 12.1. The number of nitrogens with zero attached hydrogens (tertiary/aromatic N) is 2. The highest BCUT2D eigenvalue weighted by Crippen LogP contribution is 2.31. The van der Waals surface area contributed by atoms with Crippen molar-refractivity contribution in [2.45, 2.75) is 6.61 Å². The van der Waals surface area contributed by atoms with Crippen molar-refractivity contribution >= 4 is 11.8 Å². The molecule has 0 aliphatic carbocycles. The average molecular weight is 328 g/mol. The number of hydrogen-bond acceptors (Lipinski definition) is 5. The summed E-state index contributed by atoms with van der Waals surface area (Å²) in [5.41, 5.74) is 1.53. The number of anilines is 1. The number of hydrogen-bond donors (Lipinski definition) is 2. The number of carbonyl (C=O) groups excluding carboxylic acids is 1. The van der Waals surface area contributed by atoms with Gasteiger partial charge in [0.1, 0.15) is 18.1 Å². The van der Waals surface area contributed by atoms with E-state index in [1.807, 2.05) is 35.2 Å². The van der Waals surface area contributed by atoms with E-state index in [9.17, 15) is 15.0 Å². The van der Waals surface area contributed by atoms with Crippen LogP contribution in [0.25, 0.3) is 0 Å². The summed E-state index contributed by atoms with van der Waals surface area (Å²) in [6.07, 6.45) is -0.335. The molecule has 2 aromatic rings. The molecule has 0 spiro atoms. The van der Waals surface area contributed by atoms with Crippen LogP contribution < -0.4 is 4.90 Å². The van der Waals surface area contributed by atoms with Gasteiger partial charge in [-0.3, -0.25) is 0 Å². The lowest BCUT2D eigenvalue weighted by Gasteiger charge is -2.35. The predicted molar refractivity (Wildman–Crippen MR) is 90.2 cm³/mol. The molecular weight excluding hydrogens is 308 g/mol. The second-order valence-electron chi connectivity index (χ2n) is 5.69. The van der Waals surface area contributed by atoms with Gasteiger partial charge in [-0.25, -0.2) is 4.79 Å². The summed E-state index contributed by atoms with van der Waals surface area (Å²) in [4.78, 5) is 15.7. The first kappa shape index (κ1) is 16.0. The topological polar surface area (TPSA) is 73.2 Å². The summed E-state index contributed by atoms with van der Waals surface area (Å²) in [7, 11) is 0. The first-order valence-corrected chi connectivity index (χ1v) is 7.86. The smallest absolute Gasteiger partial charge is 0.410 e. The van der Waals surface area contributed by atoms with Gasteiger partial charge in [-0.15, -0.1) is 0 Å². The van der Waals surface area contributed by atoms with E-state index < -0.39 is 0 Å². The monoisotopic (exact) mass is 328 g/mol. The van der Waals surface area contributed by atoms with Gasteiger partial charge in [0.05, 0.1) is 5.69 Å². The van der Waals surface area contributed by atoms with Crippen LogP contribution in [-0.4, -0.2) is 47.4 Å². The van der Waals surface area contributed by atoms with Crippen molar-refractivity contribution in [1.82, 2.24) is 4.90 Å². The fourth-order valence-corrected chi connectivity index (χ4v) is 2.71. The van der Waals surface area contributed by atoms with Crippen molar-refractivity contribution in [2.24, 2.45) is 0 Å². The number of carbonyl (C=O) groups is 1. The van der Waals surface area contributed by atoms with Gasteiger partial charge < -0.3 is 24.7 Å². The largest absolute Gasteiger partial charge is 0.508 e. The van der Waals surface area contributed by atoms with Gasteiger partial charge in [0.25, 0.3) is 0 Å². The van der Waals surface area contributed by atoms with E-state index in [1.54, 1.807) is 4.90 Å². The number of phenolic OH excluding ortho intramolecular Hbond substituents is 2. The fourth-order valence-electron chi connectivity index (χ4n) is 2.71. The Balaban J connectivity index is 1.53. The molecule has 24 heavy (non-hydrogen) atoms. The van der Waals surface area contributed by atoms with Crippen molar-refractivity contribution in [3.05, 3.63) is 54.1 Å². The van der Waals surface area contributed by atoms with E-state index in [0.717, 1.165) is 5.56 Å². The first-order chi connectivity index (χ1) is 11.6. The van der Waals surface area contributed by atoms with E-state index in [-0.39, 0.29) is 24.2 Å². The number of benzene rings is 2. The number of amides is 1. The van der Waals surface area contributed by atoms with Gasteiger partial charge in [0, 0.05) is 32.2 Å². The van der Waals surface area contributed by atoms with E-state index in [2.05, 4.69) is 0 Å². The molecule has 0 bridgehead atoms. The summed E-state index contributed by atoms with van der Waals surface area (Å²) >= 11 is 0. The molecule has 0 aromatic heterocycles. The minimum absolute atomic E-state index is 0.104. The number of phenols is 2. The second kappa shape index (κ2) is 7.12. The Morgan fingerprint density at radius 1 is 1.00 bits per heavy atom. The van der Waals surface area contributed by atoms with Gasteiger partial charge in [-0.05, 0) is 17.7 Å². The van der Waals surface area contributed by atoms with E-state index in [4.69, 9.17) is 4.74 Å². The summed E-state index contributed by atoms with van der Waals surface area (Å²) in [5, 5.41) is 19.5. The normalized spacial score (nSPS) is 14.5. The molecule has 6 heteroatoms. The highest BCUT2D eigenvalue weighted by atomic mass is 16.6. The molecule has 126 valence electrons. The second-order valence-corrected chi connectivity index (χ2v) is 5.69. The molecule has 3 rings (SSSR count). The first-order valence-electron chi connectivity index (χ1n) is 7.86. The number of rotatable bonds is 3. The molecule has 2 N–H and O–H groups in total. The lowest BCUT2D eigenvalue weighted by Crippen LogP contribution is -2.48. The molecule has 0 unspecified atom stereocenters. The van der Waals surface area contributed by atoms with Crippen LogP contribution in [0.1, 0.15) is 5.56 Å². The zero-order valence-electron chi connectivity index (χ0n) is 13.3. The third-order valence-corrected chi connectivity index (χ3v) is 4.04. The molecule has 1 heterocycles. The van der Waals surface area contributed by atoms with Crippen LogP contribution in [-0.2, 0) is 11.3 Å². The molecule has 2 aromatic carbocycles. The Kier molecular flexibility index (Phi) is 4.74. The van der Waals surface area contributed by atoms with Crippen LogP contribution in [0.5, 0.6) is 11.5 Å². The molecule has 1 saturated heterocycles. The van der Waals surface area contributed by atoms with Gasteiger partial charge >= 0.3 is 6.09 Å². The zero-order chi connectivity index (χ0) is 16.9. The molecule has 0 saturated carbocycles. The van der Waals surface area contributed by atoms with E-state index in [0.29, 0.717) is 31.9 Å².